The van der Waals surface area contributed by atoms with Gasteiger partial charge in [-0.25, -0.2) is 4.79 Å². The molecule has 3 rings (SSSR count). The lowest BCUT2D eigenvalue weighted by atomic mass is 9.85. The maximum atomic E-state index is 12.3. The lowest BCUT2D eigenvalue weighted by Gasteiger charge is -2.26. The summed E-state index contributed by atoms with van der Waals surface area (Å²) < 4.78 is 0. The van der Waals surface area contributed by atoms with Crippen molar-refractivity contribution in [1.29, 1.82) is 0 Å². The van der Waals surface area contributed by atoms with Gasteiger partial charge in [0.1, 0.15) is 0 Å². The predicted molar refractivity (Wildman–Crippen MR) is 92.7 cm³/mol. The van der Waals surface area contributed by atoms with E-state index in [0.717, 1.165) is 16.7 Å². The second-order valence-electron chi connectivity index (χ2n) is 6.89. The van der Waals surface area contributed by atoms with E-state index in [4.69, 9.17) is 0 Å². The minimum atomic E-state index is -0.582. The van der Waals surface area contributed by atoms with Gasteiger partial charge in [-0.15, -0.1) is 0 Å². The molecule has 1 aliphatic carbocycles. The first kappa shape index (κ1) is 16.5. The molecule has 126 valence electrons. The number of amides is 2. The lowest BCUT2D eigenvalue weighted by Crippen LogP contribution is -2.45. The molecule has 0 radical (unpaired) electrons. The van der Waals surface area contributed by atoms with Crippen molar-refractivity contribution in [2.75, 3.05) is 6.54 Å². The Labute approximate surface area is 142 Å². The zero-order valence-corrected chi connectivity index (χ0v) is 14.0. The highest BCUT2D eigenvalue weighted by atomic mass is 16.3. The zero-order chi connectivity index (χ0) is 17.2. The van der Waals surface area contributed by atoms with Crippen molar-refractivity contribution >= 4 is 6.03 Å². The van der Waals surface area contributed by atoms with Crippen LogP contribution in [0, 0.1) is 0 Å². The van der Waals surface area contributed by atoms with E-state index >= 15 is 0 Å². The number of aliphatic hydroxyl groups is 1. The number of fused-ring (bicyclic) bond motifs is 1. The van der Waals surface area contributed by atoms with Gasteiger partial charge in [-0.05, 0) is 28.8 Å². The highest BCUT2D eigenvalue weighted by Gasteiger charge is 2.32. The van der Waals surface area contributed by atoms with E-state index in [1.807, 2.05) is 36.4 Å². The standard InChI is InChI=1S/C19H23N3O2/c1-19(2,14-7-9-20-10-8-14)12-21-18(24)22-17-15-6-4-3-5-13(15)11-16(17)23/h3-10,16-17,23H,11-12H2,1-2H3,(H2,21,22,24). The van der Waals surface area contributed by atoms with Gasteiger partial charge >= 0.3 is 6.03 Å². The first-order valence-corrected chi connectivity index (χ1v) is 8.18. The molecule has 2 atom stereocenters. The molecule has 0 aliphatic heterocycles. The fourth-order valence-corrected chi connectivity index (χ4v) is 3.15. The number of pyridine rings is 1. The summed E-state index contributed by atoms with van der Waals surface area (Å²) in [5.41, 5.74) is 3.00. The molecule has 3 N–H and O–H groups in total. The second kappa shape index (κ2) is 6.61. The third-order valence-electron chi connectivity index (χ3n) is 4.64. The number of aliphatic hydroxyl groups excluding tert-OH is 1. The third-order valence-corrected chi connectivity index (χ3v) is 4.64. The van der Waals surface area contributed by atoms with E-state index in [9.17, 15) is 9.90 Å². The Hall–Kier alpha value is -2.40. The van der Waals surface area contributed by atoms with E-state index in [1.54, 1.807) is 12.4 Å². The normalized spacial score (nSPS) is 19.6. The van der Waals surface area contributed by atoms with Crippen LogP contribution in [0.2, 0.25) is 0 Å². The van der Waals surface area contributed by atoms with Gasteiger partial charge in [0.2, 0.25) is 0 Å². The number of nitrogens with one attached hydrogen (secondary N) is 2. The Bertz CT molecular complexity index is 716. The minimum absolute atomic E-state index is 0.202. The van der Waals surface area contributed by atoms with E-state index < -0.39 is 6.10 Å². The SMILES string of the molecule is CC(C)(CNC(=O)NC1c2ccccc2CC1O)c1ccncc1. The van der Waals surface area contributed by atoms with Crippen LogP contribution in [0.3, 0.4) is 0 Å². The fraction of sp³-hybridized carbons (Fsp3) is 0.368. The molecular formula is C19H23N3O2. The van der Waals surface area contributed by atoms with Crippen molar-refractivity contribution in [3.8, 4) is 0 Å². The number of aromatic nitrogens is 1. The average Bonchev–Trinajstić information content (AvgIpc) is 2.90. The van der Waals surface area contributed by atoms with Crippen LogP contribution in [0.5, 0.6) is 0 Å². The van der Waals surface area contributed by atoms with Crippen LogP contribution in [0.25, 0.3) is 0 Å². The lowest BCUT2D eigenvalue weighted by molar-refractivity contribution is 0.142. The summed E-state index contributed by atoms with van der Waals surface area (Å²) in [4.78, 5) is 16.3. The van der Waals surface area contributed by atoms with E-state index in [0.29, 0.717) is 13.0 Å². The summed E-state index contributed by atoms with van der Waals surface area (Å²) in [5, 5.41) is 16.0. The molecule has 5 nitrogen and oxygen atoms in total. The molecule has 2 amide bonds. The van der Waals surface area contributed by atoms with Gasteiger partial charge in [0.25, 0.3) is 0 Å². The number of nitrogens with zero attached hydrogens (tertiary/aromatic N) is 1. The Morgan fingerprint density at radius 1 is 1.25 bits per heavy atom. The molecule has 24 heavy (non-hydrogen) atoms. The zero-order valence-electron chi connectivity index (χ0n) is 14.0. The highest BCUT2D eigenvalue weighted by molar-refractivity contribution is 5.75. The molecule has 0 spiro atoms. The molecule has 2 unspecified atom stereocenters. The molecule has 0 saturated carbocycles. The van der Waals surface area contributed by atoms with Crippen molar-refractivity contribution in [1.82, 2.24) is 15.6 Å². The molecule has 5 heteroatoms. The van der Waals surface area contributed by atoms with Gasteiger partial charge in [-0.2, -0.15) is 0 Å². The number of urea groups is 1. The maximum Gasteiger partial charge on any atom is 0.315 e. The van der Waals surface area contributed by atoms with Crippen LogP contribution in [-0.2, 0) is 11.8 Å². The van der Waals surface area contributed by atoms with Gasteiger partial charge in [0, 0.05) is 30.8 Å². The Morgan fingerprint density at radius 2 is 1.96 bits per heavy atom. The molecule has 1 heterocycles. The number of carbonyl (C=O) groups is 1. The Balaban J connectivity index is 1.60. The molecule has 1 aromatic carbocycles. The molecule has 0 bridgehead atoms. The van der Waals surface area contributed by atoms with Crippen molar-refractivity contribution in [2.45, 2.75) is 37.8 Å². The Kier molecular flexibility index (Phi) is 4.53. The van der Waals surface area contributed by atoms with E-state index in [-0.39, 0.29) is 17.5 Å². The number of benzene rings is 1. The number of carbonyl (C=O) groups excluding carboxylic acids is 1. The highest BCUT2D eigenvalue weighted by Crippen LogP contribution is 2.31. The van der Waals surface area contributed by atoms with Gasteiger partial charge < -0.3 is 15.7 Å². The maximum absolute atomic E-state index is 12.3. The summed E-state index contributed by atoms with van der Waals surface area (Å²) in [7, 11) is 0. The van der Waals surface area contributed by atoms with Gasteiger partial charge in [0.05, 0.1) is 12.1 Å². The van der Waals surface area contributed by atoms with Crippen LogP contribution in [0.15, 0.2) is 48.8 Å². The van der Waals surface area contributed by atoms with Crippen molar-refractivity contribution in [2.24, 2.45) is 0 Å². The quantitative estimate of drug-likeness (QED) is 0.807. The average molecular weight is 325 g/mol. The summed E-state index contributed by atoms with van der Waals surface area (Å²) in [5.74, 6) is 0. The smallest absolute Gasteiger partial charge is 0.315 e. The summed E-state index contributed by atoms with van der Waals surface area (Å²) in [6, 6.07) is 11.1. The van der Waals surface area contributed by atoms with Crippen molar-refractivity contribution in [3.05, 3.63) is 65.5 Å². The molecule has 1 aromatic heterocycles. The van der Waals surface area contributed by atoms with Crippen molar-refractivity contribution in [3.63, 3.8) is 0 Å². The molecular weight excluding hydrogens is 302 g/mol. The van der Waals surface area contributed by atoms with E-state index in [2.05, 4.69) is 29.5 Å². The van der Waals surface area contributed by atoms with Gasteiger partial charge in [-0.1, -0.05) is 38.1 Å². The van der Waals surface area contributed by atoms with Crippen LogP contribution in [-0.4, -0.2) is 28.8 Å². The van der Waals surface area contributed by atoms with E-state index in [1.165, 1.54) is 0 Å². The third kappa shape index (κ3) is 3.41. The Morgan fingerprint density at radius 3 is 2.71 bits per heavy atom. The molecule has 2 aromatic rings. The molecule has 0 fully saturated rings. The molecule has 0 saturated heterocycles. The molecule has 1 aliphatic rings. The minimum Gasteiger partial charge on any atom is -0.390 e. The number of hydrogen-bond donors (Lipinski definition) is 3. The number of hydrogen-bond acceptors (Lipinski definition) is 3. The first-order valence-electron chi connectivity index (χ1n) is 8.18. The number of rotatable bonds is 4. The van der Waals surface area contributed by atoms with Crippen LogP contribution in [0.1, 0.15) is 36.6 Å². The first-order chi connectivity index (χ1) is 11.5. The largest absolute Gasteiger partial charge is 0.390 e. The second-order valence-corrected chi connectivity index (χ2v) is 6.89. The van der Waals surface area contributed by atoms with Gasteiger partial charge in [0.15, 0.2) is 0 Å². The van der Waals surface area contributed by atoms with Gasteiger partial charge in [-0.3, -0.25) is 4.98 Å². The predicted octanol–water partition coefficient (Wildman–Crippen LogP) is 2.32. The van der Waals surface area contributed by atoms with Crippen LogP contribution < -0.4 is 10.6 Å². The topological polar surface area (TPSA) is 74.2 Å². The summed E-state index contributed by atoms with van der Waals surface area (Å²) in [6.45, 7) is 4.64. The fourth-order valence-electron chi connectivity index (χ4n) is 3.15. The van der Waals surface area contributed by atoms with Crippen molar-refractivity contribution < 1.29 is 9.90 Å². The van der Waals surface area contributed by atoms with Crippen LogP contribution in [0.4, 0.5) is 4.79 Å². The summed E-state index contributed by atoms with van der Waals surface area (Å²) >= 11 is 0. The summed E-state index contributed by atoms with van der Waals surface area (Å²) in [6.07, 6.45) is 3.50. The monoisotopic (exact) mass is 325 g/mol. The van der Waals surface area contributed by atoms with Crippen LogP contribution >= 0.6 is 0 Å².